The van der Waals surface area contributed by atoms with Crippen LogP contribution in [0.4, 0.5) is 0 Å². The third-order valence-corrected chi connectivity index (χ3v) is 5.94. The predicted octanol–water partition coefficient (Wildman–Crippen LogP) is 4.58. The summed E-state index contributed by atoms with van der Waals surface area (Å²) in [5, 5.41) is 13.6. The number of hydrogen-bond donors (Lipinski definition) is 1. The molecule has 0 unspecified atom stereocenters. The Morgan fingerprint density at radius 2 is 1.58 bits per heavy atom. The fourth-order valence-electron chi connectivity index (χ4n) is 3.15. The predicted molar refractivity (Wildman–Crippen MR) is 132 cm³/mol. The smallest absolute Gasteiger partial charge is 0.250 e. The largest absolute Gasteiger partial charge is 0.272 e. The molecule has 4 rings (SSSR count). The minimum Gasteiger partial charge on any atom is -0.272 e. The summed E-state index contributed by atoms with van der Waals surface area (Å²) in [7, 11) is 0. The molecule has 0 aliphatic carbocycles. The molecule has 0 bridgehead atoms. The normalized spacial score (nSPS) is 11.4. The van der Waals surface area contributed by atoms with Gasteiger partial charge in [0.15, 0.2) is 11.0 Å². The fraction of sp³-hybridized carbons (Fsp3) is 0.160. The fourth-order valence-corrected chi connectivity index (χ4v) is 3.89. The lowest BCUT2D eigenvalue weighted by molar-refractivity contribution is -0.118. The molecule has 0 saturated carbocycles. The van der Waals surface area contributed by atoms with E-state index in [9.17, 15) is 4.79 Å². The van der Waals surface area contributed by atoms with Crippen molar-refractivity contribution in [3.63, 3.8) is 0 Å². The van der Waals surface area contributed by atoms with Crippen molar-refractivity contribution in [2.24, 2.45) is 5.10 Å². The maximum Gasteiger partial charge on any atom is 0.250 e. The van der Waals surface area contributed by atoms with Gasteiger partial charge in [0, 0.05) is 29.2 Å². The lowest BCUT2D eigenvalue weighted by Crippen LogP contribution is -2.21. The van der Waals surface area contributed by atoms with Crippen LogP contribution in [-0.2, 0) is 4.79 Å². The van der Waals surface area contributed by atoms with E-state index in [1.807, 2.05) is 86.0 Å². The number of nitrogens with zero attached hydrogens (tertiary/aromatic N) is 5. The van der Waals surface area contributed by atoms with E-state index in [0.717, 1.165) is 22.6 Å². The minimum atomic E-state index is -0.219. The maximum absolute atomic E-state index is 12.5. The van der Waals surface area contributed by atoms with Gasteiger partial charge in [-0.05, 0) is 45.0 Å². The number of amides is 1. The Kier molecular flexibility index (Phi) is 6.95. The molecule has 0 atom stereocenters. The molecule has 33 heavy (non-hydrogen) atoms. The lowest BCUT2D eigenvalue weighted by Gasteiger charge is -2.11. The van der Waals surface area contributed by atoms with Crippen molar-refractivity contribution < 1.29 is 4.79 Å². The Bertz CT molecular complexity index is 1260. The third kappa shape index (κ3) is 5.53. The van der Waals surface area contributed by atoms with Crippen molar-refractivity contribution in [2.45, 2.75) is 25.9 Å². The van der Waals surface area contributed by atoms with Gasteiger partial charge in [-0.3, -0.25) is 14.3 Å². The summed E-state index contributed by atoms with van der Waals surface area (Å²) in [5.41, 5.74) is 8.47. The molecule has 0 aliphatic rings. The first-order valence-corrected chi connectivity index (χ1v) is 11.5. The van der Waals surface area contributed by atoms with Crippen LogP contribution in [0.15, 0.2) is 83.3 Å². The Labute approximate surface area is 197 Å². The number of carbonyl (C=O) groups is 1. The maximum atomic E-state index is 12.5. The SMILES string of the molecule is CC(=NNC(=O)CSc1nnc(-c2ccc(C)cc2)n1-c1ccc(C)cc1)c1ccncc1. The highest BCUT2D eigenvalue weighted by atomic mass is 32.2. The summed E-state index contributed by atoms with van der Waals surface area (Å²) in [5.74, 6) is 0.669. The number of hydrogen-bond acceptors (Lipinski definition) is 6. The molecule has 2 aromatic heterocycles. The second kappa shape index (κ2) is 10.2. The van der Waals surface area contributed by atoms with Crippen molar-refractivity contribution >= 4 is 23.4 Å². The van der Waals surface area contributed by atoms with Crippen LogP contribution in [0.2, 0.25) is 0 Å². The molecule has 0 saturated heterocycles. The standard InChI is InChI=1S/C25H24N6OS/c1-17-4-8-21(9-5-17)24-29-30-25(31(24)22-10-6-18(2)7-11-22)33-16-23(32)28-27-19(3)20-12-14-26-15-13-20/h4-15H,16H2,1-3H3,(H,28,32). The quantitative estimate of drug-likeness (QED) is 0.250. The van der Waals surface area contributed by atoms with Gasteiger partial charge >= 0.3 is 0 Å². The van der Waals surface area contributed by atoms with Crippen LogP contribution in [0.25, 0.3) is 17.1 Å². The molecule has 2 heterocycles. The van der Waals surface area contributed by atoms with Crippen LogP contribution < -0.4 is 5.43 Å². The second-order valence-electron chi connectivity index (χ2n) is 7.60. The van der Waals surface area contributed by atoms with Crippen molar-refractivity contribution in [1.29, 1.82) is 0 Å². The monoisotopic (exact) mass is 456 g/mol. The Balaban J connectivity index is 1.54. The molecule has 0 fully saturated rings. The van der Waals surface area contributed by atoms with Gasteiger partial charge in [-0.1, -0.05) is 59.3 Å². The van der Waals surface area contributed by atoms with Gasteiger partial charge in [0.2, 0.25) is 0 Å². The number of aryl methyl sites for hydroxylation is 2. The van der Waals surface area contributed by atoms with E-state index in [4.69, 9.17) is 0 Å². The number of aromatic nitrogens is 4. The van der Waals surface area contributed by atoms with Crippen LogP contribution in [0, 0.1) is 13.8 Å². The number of hydrazone groups is 1. The van der Waals surface area contributed by atoms with E-state index in [1.54, 1.807) is 12.4 Å². The average Bonchev–Trinajstić information content (AvgIpc) is 3.26. The van der Waals surface area contributed by atoms with Gasteiger partial charge in [0.05, 0.1) is 11.5 Å². The first-order chi connectivity index (χ1) is 16.0. The van der Waals surface area contributed by atoms with Gasteiger partial charge in [-0.2, -0.15) is 5.10 Å². The van der Waals surface area contributed by atoms with E-state index in [0.29, 0.717) is 10.9 Å². The number of rotatable bonds is 7. The second-order valence-corrected chi connectivity index (χ2v) is 8.54. The van der Waals surface area contributed by atoms with Crippen molar-refractivity contribution in [2.75, 3.05) is 5.75 Å². The molecular formula is C25H24N6OS. The molecule has 0 spiro atoms. The molecule has 0 aliphatic heterocycles. The van der Waals surface area contributed by atoms with Gasteiger partial charge in [-0.15, -0.1) is 10.2 Å². The molecular weight excluding hydrogens is 432 g/mol. The third-order valence-electron chi connectivity index (χ3n) is 5.01. The molecule has 4 aromatic rings. The summed E-state index contributed by atoms with van der Waals surface area (Å²) in [6, 6.07) is 20.0. The topological polar surface area (TPSA) is 85.1 Å². The van der Waals surface area contributed by atoms with E-state index in [1.165, 1.54) is 22.9 Å². The van der Waals surface area contributed by atoms with Crippen LogP contribution >= 0.6 is 11.8 Å². The first-order valence-electron chi connectivity index (χ1n) is 10.5. The highest BCUT2D eigenvalue weighted by Gasteiger charge is 2.17. The Morgan fingerprint density at radius 1 is 0.939 bits per heavy atom. The number of benzene rings is 2. The highest BCUT2D eigenvalue weighted by molar-refractivity contribution is 7.99. The zero-order chi connectivity index (χ0) is 23.2. The van der Waals surface area contributed by atoms with E-state index in [2.05, 4.69) is 25.7 Å². The van der Waals surface area contributed by atoms with Gasteiger partial charge in [-0.25, -0.2) is 5.43 Å². The molecule has 1 amide bonds. The Morgan fingerprint density at radius 3 is 2.24 bits per heavy atom. The summed E-state index contributed by atoms with van der Waals surface area (Å²) >= 11 is 1.32. The van der Waals surface area contributed by atoms with Gasteiger partial charge in [0.25, 0.3) is 5.91 Å². The number of nitrogens with one attached hydrogen (secondary N) is 1. The zero-order valence-electron chi connectivity index (χ0n) is 18.7. The van der Waals surface area contributed by atoms with Crippen molar-refractivity contribution in [1.82, 2.24) is 25.2 Å². The van der Waals surface area contributed by atoms with Crippen LogP contribution in [0.3, 0.4) is 0 Å². The summed E-state index contributed by atoms with van der Waals surface area (Å²) in [4.78, 5) is 16.4. The zero-order valence-corrected chi connectivity index (χ0v) is 19.5. The minimum absolute atomic E-state index is 0.158. The number of carbonyl (C=O) groups excluding carboxylic acids is 1. The van der Waals surface area contributed by atoms with Crippen LogP contribution in [0.1, 0.15) is 23.6 Å². The van der Waals surface area contributed by atoms with E-state index >= 15 is 0 Å². The summed E-state index contributed by atoms with van der Waals surface area (Å²) < 4.78 is 1.98. The van der Waals surface area contributed by atoms with E-state index < -0.39 is 0 Å². The summed E-state index contributed by atoms with van der Waals surface area (Å²) in [6.07, 6.45) is 3.38. The van der Waals surface area contributed by atoms with E-state index in [-0.39, 0.29) is 11.7 Å². The molecule has 2 aromatic carbocycles. The molecule has 7 nitrogen and oxygen atoms in total. The highest BCUT2D eigenvalue weighted by Crippen LogP contribution is 2.28. The van der Waals surface area contributed by atoms with Gasteiger partial charge < -0.3 is 0 Å². The number of pyridine rings is 1. The number of thioether (sulfide) groups is 1. The van der Waals surface area contributed by atoms with Crippen LogP contribution in [-0.4, -0.2) is 37.1 Å². The molecule has 166 valence electrons. The van der Waals surface area contributed by atoms with Crippen molar-refractivity contribution in [3.05, 3.63) is 89.7 Å². The van der Waals surface area contributed by atoms with Gasteiger partial charge in [0.1, 0.15) is 0 Å². The average molecular weight is 457 g/mol. The molecule has 1 N–H and O–H groups in total. The lowest BCUT2D eigenvalue weighted by atomic mass is 10.1. The summed E-state index contributed by atoms with van der Waals surface area (Å²) in [6.45, 7) is 5.93. The van der Waals surface area contributed by atoms with Crippen molar-refractivity contribution in [3.8, 4) is 17.1 Å². The van der Waals surface area contributed by atoms with Crippen LogP contribution in [0.5, 0.6) is 0 Å². The first kappa shape index (κ1) is 22.4. The Hall–Kier alpha value is -3.78. The molecule has 8 heteroatoms. The molecule has 0 radical (unpaired) electrons.